The Morgan fingerprint density at radius 1 is 1.42 bits per heavy atom. The van der Waals surface area contributed by atoms with Crippen molar-refractivity contribution >= 4 is 39.0 Å². The van der Waals surface area contributed by atoms with E-state index >= 15 is 0 Å². The van der Waals surface area contributed by atoms with Gasteiger partial charge in [0.15, 0.2) is 5.82 Å². The van der Waals surface area contributed by atoms with E-state index in [2.05, 4.69) is 42.9 Å². The predicted octanol–water partition coefficient (Wildman–Crippen LogP) is 2.90. The molecule has 0 atom stereocenters. The number of aryl methyl sites for hydroxylation is 1. The van der Waals surface area contributed by atoms with Crippen molar-refractivity contribution in [3.63, 3.8) is 0 Å². The fourth-order valence-electron chi connectivity index (χ4n) is 1.69. The average Bonchev–Trinajstić information content (AvgIpc) is 3.04. The van der Waals surface area contributed by atoms with Gasteiger partial charge in [-0.3, -0.25) is 0 Å². The van der Waals surface area contributed by atoms with Gasteiger partial charge in [0, 0.05) is 4.88 Å². The summed E-state index contributed by atoms with van der Waals surface area (Å²) in [4.78, 5) is 14.5. The second-order valence-electron chi connectivity index (χ2n) is 3.83. The van der Waals surface area contributed by atoms with Crippen molar-refractivity contribution in [2.75, 3.05) is 5.32 Å². The summed E-state index contributed by atoms with van der Waals surface area (Å²) in [6.07, 6.45) is 2.25. The summed E-state index contributed by atoms with van der Waals surface area (Å²) in [7, 11) is 0. The van der Waals surface area contributed by atoms with Crippen LogP contribution in [0.25, 0.3) is 10.2 Å². The van der Waals surface area contributed by atoms with Crippen molar-refractivity contribution in [2.24, 2.45) is 0 Å². The summed E-state index contributed by atoms with van der Waals surface area (Å²) < 4.78 is 4.68. The highest BCUT2D eigenvalue weighted by molar-refractivity contribution is 7.18. The van der Waals surface area contributed by atoms with Crippen LogP contribution >= 0.6 is 22.9 Å². The predicted molar refractivity (Wildman–Crippen MR) is 73.4 cm³/mol. The molecule has 0 amide bonds. The van der Waals surface area contributed by atoms with Crippen molar-refractivity contribution in [1.82, 2.24) is 20.1 Å². The molecule has 3 aromatic rings. The minimum atomic E-state index is 0.229. The highest BCUT2D eigenvalue weighted by atomic mass is 35.5. The highest BCUT2D eigenvalue weighted by Gasteiger charge is 2.11. The molecule has 98 valence electrons. The molecule has 0 unspecified atom stereocenters. The molecule has 0 saturated carbocycles. The Kier molecular flexibility index (Phi) is 3.31. The molecule has 0 aliphatic carbocycles. The fraction of sp³-hybridized carbons (Fsp3) is 0.273. The molecular weight excluding hydrogens is 286 g/mol. The van der Waals surface area contributed by atoms with Gasteiger partial charge in [0.1, 0.15) is 10.6 Å². The van der Waals surface area contributed by atoms with Crippen LogP contribution in [0.4, 0.5) is 5.82 Å². The number of nitrogens with zero attached hydrogens (tertiary/aromatic N) is 4. The Morgan fingerprint density at radius 3 is 3.05 bits per heavy atom. The van der Waals surface area contributed by atoms with Crippen LogP contribution in [0.2, 0.25) is 5.28 Å². The number of hydrogen-bond acceptors (Lipinski definition) is 7. The minimum Gasteiger partial charge on any atom is -0.362 e. The average molecular weight is 296 g/mol. The summed E-state index contributed by atoms with van der Waals surface area (Å²) in [5, 5.41) is 8.08. The number of fused-ring (bicyclic) bond motifs is 1. The van der Waals surface area contributed by atoms with Crippen molar-refractivity contribution in [2.45, 2.75) is 19.9 Å². The molecule has 0 aliphatic rings. The topological polar surface area (TPSA) is 76.7 Å². The largest absolute Gasteiger partial charge is 0.362 e. The van der Waals surface area contributed by atoms with Gasteiger partial charge < -0.3 is 9.84 Å². The van der Waals surface area contributed by atoms with Crippen molar-refractivity contribution in [3.05, 3.63) is 28.4 Å². The van der Waals surface area contributed by atoms with Crippen molar-refractivity contribution < 1.29 is 4.52 Å². The van der Waals surface area contributed by atoms with Crippen LogP contribution in [0.1, 0.15) is 17.6 Å². The lowest BCUT2D eigenvalue weighted by Crippen LogP contribution is -2.03. The van der Waals surface area contributed by atoms with Crippen LogP contribution in [0, 0.1) is 0 Å². The Morgan fingerprint density at radius 2 is 2.32 bits per heavy atom. The molecule has 8 heteroatoms. The maximum atomic E-state index is 5.93. The Bertz CT molecular complexity index is 696. The first-order chi connectivity index (χ1) is 9.26. The molecule has 0 fully saturated rings. The van der Waals surface area contributed by atoms with Crippen LogP contribution in [0.5, 0.6) is 0 Å². The molecule has 3 rings (SSSR count). The Hall–Kier alpha value is -1.73. The van der Waals surface area contributed by atoms with E-state index in [0.717, 1.165) is 16.6 Å². The Balaban J connectivity index is 1.94. The highest BCUT2D eigenvalue weighted by Crippen LogP contribution is 2.30. The molecule has 0 aliphatic heterocycles. The fourth-order valence-corrected chi connectivity index (χ4v) is 2.87. The van der Waals surface area contributed by atoms with Crippen LogP contribution < -0.4 is 5.32 Å². The van der Waals surface area contributed by atoms with Crippen molar-refractivity contribution in [3.8, 4) is 0 Å². The van der Waals surface area contributed by atoms with E-state index < -0.39 is 0 Å². The van der Waals surface area contributed by atoms with Gasteiger partial charge in [-0.2, -0.15) is 4.98 Å². The van der Waals surface area contributed by atoms with Crippen LogP contribution in [-0.2, 0) is 13.0 Å². The number of anilines is 1. The lowest BCUT2D eigenvalue weighted by Gasteiger charge is -2.04. The maximum absolute atomic E-state index is 5.93. The smallest absolute Gasteiger partial charge is 0.225 e. The van der Waals surface area contributed by atoms with E-state index in [0.29, 0.717) is 18.2 Å². The summed E-state index contributed by atoms with van der Waals surface area (Å²) in [5.41, 5.74) is 0. The van der Waals surface area contributed by atoms with Gasteiger partial charge in [-0.05, 0) is 24.1 Å². The number of thiophene rings is 1. The molecule has 0 saturated heterocycles. The van der Waals surface area contributed by atoms with Gasteiger partial charge in [-0.15, -0.1) is 11.3 Å². The quantitative estimate of drug-likeness (QED) is 0.746. The standard InChI is InChI=1S/C11H10ClN5OS/c1-2-6-3-7-9(13-4-8-14-5-18-17-8)15-11(12)16-10(7)19-6/h3,5H,2,4H2,1H3,(H,13,15,16). The Labute approximate surface area is 117 Å². The summed E-state index contributed by atoms with van der Waals surface area (Å²) in [6.45, 7) is 2.53. The molecule has 0 radical (unpaired) electrons. The molecule has 6 nitrogen and oxygen atoms in total. The first-order valence-corrected chi connectivity index (χ1v) is 6.90. The monoisotopic (exact) mass is 295 g/mol. The van der Waals surface area contributed by atoms with E-state index in [-0.39, 0.29) is 5.28 Å². The molecule has 3 aromatic heterocycles. The molecule has 19 heavy (non-hydrogen) atoms. The van der Waals surface area contributed by atoms with E-state index in [9.17, 15) is 0 Å². The summed E-state index contributed by atoms with van der Waals surface area (Å²) >= 11 is 7.56. The van der Waals surface area contributed by atoms with Gasteiger partial charge in [-0.1, -0.05) is 12.1 Å². The molecular formula is C11H10ClN5OS. The zero-order chi connectivity index (χ0) is 13.2. The second kappa shape index (κ2) is 5.10. The number of halogens is 1. The van der Waals surface area contributed by atoms with E-state index in [4.69, 9.17) is 11.6 Å². The molecule has 0 aromatic carbocycles. The third-order valence-corrected chi connectivity index (χ3v) is 3.93. The maximum Gasteiger partial charge on any atom is 0.225 e. The van der Waals surface area contributed by atoms with Gasteiger partial charge in [0.25, 0.3) is 0 Å². The first kappa shape index (κ1) is 12.3. The lowest BCUT2D eigenvalue weighted by molar-refractivity contribution is 0.411. The van der Waals surface area contributed by atoms with E-state index in [1.165, 1.54) is 11.3 Å². The molecule has 0 spiro atoms. The summed E-state index contributed by atoms with van der Waals surface area (Å²) in [6, 6.07) is 2.08. The van der Waals surface area contributed by atoms with Crippen molar-refractivity contribution in [1.29, 1.82) is 0 Å². The van der Waals surface area contributed by atoms with Gasteiger partial charge in [0.05, 0.1) is 11.9 Å². The SMILES string of the molecule is CCc1cc2c(NCc3ncon3)nc(Cl)nc2s1. The number of aromatic nitrogens is 4. The van der Waals surface area contributed by atoms with Crippen LogP contribution in [-0.4, -0.2) is 20.1 Å². The molecule has 3 heterocycles. The molecule has 1 N–H and O–H groups in total. The number of nitrogens with one attached hydrogen (secondary N) is 1. The zero-order valence-electron chi connectivity index (χ0n) is 10.1. The second-order valence-corrected chi connectivity index (χ2v) is 5.28. The molecule has 0 bridgehead atoms. The summed E-state index contributed by atoms with van der Waals surface area (Å²) in [5.74, 6) is 1.25. The van der Waals surface area contributed by atoms with E-state index in [1.54, 1.807) is 11.3 Å². The number of hydrogen-bond donors (Lipinski definition) is 1. The zero-order valence-corrected chi connectivity index (χ0v) is 11.6. The van der Waals surface area contributed by atoms with Gasteiger partial charge >= 0.3 is 0 Å². The third-order valence-electron chi connectivity index (χ3n) is 2.59. The third kappa shape index (κ3) is 2.52. The van der Waals surface area contributed by atoms with Crippen LogP contribution in [0.3, 0.4) is 0 Å². The van der Waals surface area contributed by atoms with Crippen LogP contribution in [0.15, 0.2) is 17.0 Å². The first-order valence-electron chi connectivity index (χ1n) is 5.71. The number of rotatable bonds is 4. The van der Waals surface area contributed by atoms with Gasteiger partial charge in [-0.25, -0.2) is 9.97 Å². The van der Waals surface area contributed by atoms with Gasteiger partial charge in [0.2, 0.25) is 11.7 Å². The minimum absolute atomic E-state index is 0.229. The lowest BCUT2D eigenvalue weighted by atomic mass is 10.3. The normalized spacial score (nSPS) is 11.1. The van der Waals surface area contributed by atoms with E-state index in [1.807, 2.05) is 0 Å².